The van der Waals surface area contributed by atoms with E-state index in [0.29, 0.717) is 41.2 Å². The summed E-state index contributed by atoms with van der Waals surface area (Å²) in [6.45, 7) is 0.603. The molecule has 2 aliphatic heterocycles. The molecule has 3 aliphatic rings. The van der Waals surface area contributed by atoms with Crippen molar-refractivity contribution in [2.75, 3.05) is 32.6 Å². The van der Waals surface area contributed by atoms with E-state index in [1.54, 1.807) is 67.8 Å². The number of likely N-dealkylation sites (N-methyl/N-ethyl adjacent to an activating group) is 1. The lowest BCUT2D eigenvalue weighted by Gasteiger charge is -2.27. The fourth-order valence-electron chi connectivity index (χ4n) is 7.25. The lowest BCUT2D eigenvalue weighted by Crippen LogP contribution is -2.54. The number of imide groups is 2. The van der Waals surface area contributed by atoms with Crippen LogP contribution in [0.2, 0.25) is 0 Å². The molecule has 7 rings (SSSR count). The van der Waals surface area contributed by atoms with Gasteiger partial charge in [0.15, 0.2) is 0 Å². The van der Waals surface area contributed by atoms with Crippen molar-refractivity contribution in [3.05, 3.63) is 124 Å². The van der Waals surface area contributed by atoms with Crippen molar-refractivity contribution in [2.45, 2.75) is 49.7 Å². The first kappa shape index (κ1) is 39.2. The molecule has 15 nitrogen and oxygen atoms in total. The molecular formula is C43H42N6O9. The Morgan fingerprint density at radius 3 is 2.33 bits per heavy atom. The summed E-state index contributed by atoms with van der Waals surface area (Å²) >= 11 is 0. The molecular weight excluding hydrogens is 745 g/mol. The van der Waals surface area contributed by atoms with Crippen LogP contribution in [0.1, 0.15) is 79.5 Å². The minimum Gasteiger partial charge on any atom is -0.497 e. The number of carbonyl (C=O) groups excluding carboxylic acids is 7. The van der Waals surface area contributed by atoms with E-state index in [1.165, 1.54) is 13.1 Å². The highest BCUT2D eigenvalue weighted by atomic mass is 16.5. The number of carbonyl (C=O) groups is 7. The minimum absolute atomic E-state index is 0.0322. The molecule has 2 heterocycles. The predicted molar refractivity (Wildman–Crippen MR) is 210 cm³/mol. The number of methoxy groups -OCH3 is 1. The molecule has 4 aromatic carbocycles. The SMILES string of the molecule is CNC(=O)[C@@H](NC(=O)C1(c2ccc(OC)cc2)CC1)c1cccc(OCCNC(=O)c2ccc(CNc3cccc4c3C(=O)N(C3CCC(=O)NC3=O)C4=O)cc2)c1. The zero-order valence-corrected chi connectivity index (χ0v) is 31.9. The predicted octanol–water partition coefficient (Wildman–Crippen LogP) is 3.15. The third kappa shape index (κ3) is 7.96. The second kappa shape index (κ2) is 16.6. The van der Waals surface area contributed by atoms with Crippen molar-refractivity contribution in [1.82, 2.24) is 26.2 Å². The van der Waals surface area contributed by atoms with E-state index >= 15 is 0 Å². The van der Waals surface area contributed by atoms with Crippen LogP contribution in [0.4, 0.5) is 5.69 Å². The average Bonchev–Trinajstić information content (AvgIpc) is 4.02. The van der Waals surface area contributed by atoms with Gasteiger partial charge in [0.2, 0.25) is 23.6 Å². The molecule has 0 spiro atoms. The van der Waals surface area contributed by atoms with Gasteiger partial charge in [0.1, 0.15) is 30.2 Å². The summed E-state index contributed by atoms with van der Waals surface area (Å²) < 4.78 is 11.2. The maximum Gasteiger partial charge on any atom is 0.264 e. The maximum absolute atomic E-state index is 13.6. The van der Waals surface area contributed by atoms with Gasteiger partial charge in [-0.3, -0.25) is 43.8 Å². The second-order valence-corrected chi connectivity index (χ2v) is 14.2. The van der Waals surface area contributed by atoms with E-state index in [4.69, 9.17) is 9.47 Å². The first-order chi connectivity index (χ1) is 28.0. The van der Waals surface area contributed by atoms with Crippen LogP contribution < -0.4 is 36.1 Å². The van der Waals surface area contributed by atoms with E-state index in [2.05, 4.69) is 26.6 Å². The molecule has 0 radical (unpaired) electrons. The first-order valence-corrected chi connectivity index (χ1v) is 18.9. The minimum atomic E-state index is -1.06. The van der Waals surface area contributed by atoms with Crippen LogP contribution in [0.25, 0.3) is 0 Å². The normalized spacial score (nSPS) is 17.1. The van der Waals surface area contributed by atoms with Crippen molar-refractivity contribution in [2.24, 2.45) is 0 Å². The molecule has 4 aromatic rings. The van der Waals surface area contributed by atoms with E-state index in [9.17, 15) is 33.6 Å². The Balaban J connectivity index is 0.902. The summed E-state index contributed by atoms with van der Waals surface area (Å²) in [7, 11) is 3.09. The van der Waals surface area contributed by atoms with Gasteiger partial charge in [-0.25, -0.2) is 0 Å². The van der Waals surface area contributed by atoms with Crippen LogP contribution in [0.15, 0.2) is 91.0 Å². The van der Waals surface area contributed by atoms with Gasteiger partial charge >= 0.3 is 0 Å². The quantitative estimate of drug-likeness (QED) is 0.0881. The fraction of sp³-hybridized carbons (Fsp3) is 0.279. The molecule has 2 atom stereocenters. The molecule has 298 valence electrons. The second-order valence-electron chi connectivity index (χ2n) is 14.2. The summed E-state index contributed by atoms with van der Waals surface area (Å²) in [6.07, 6.45) is 1.43. The standard InChI is InChI=1S/C43H42N6O9/c1-44-39(53)36(48-42(56)43(19-20-43)28-13-15-29(57-2)16-14-28)27-5-3-6-30(23-27)58-22-21-45-37(51)26-11-9-25(10-12-26)24-46-32-8-4-7-31-35(32)41(55)49(40(31)54)33-17-18-34(50)47-38(33)52/h3-16,23,33,36,46H,17-22,24H2,1-2H3,(H,44,53)(H,45,51)(H,48,56)(H,47,50,52)/t33?,36-/m0/s1. The number of anilines is 1. The van der Waals surface area contributed by atoms with Gasteiger partial charge in [-0.15, -0.1) is 0 Å². The fourth-order valence-corrected chi connectivity index (χ4v) is 7.25. The highest BCUT2D eigenvalue weighted by Gasteiger charge is 2.52. The van der Waals surface area contributed by atoms with Gasteiger partial charge in [-0.1, -0.05) is 42.5 Å². The third-order valence-corrected chi connectivity index (χ3v) is 10.6. The number of ether oxygens (including phenoxy) is 2. The van der Waals surface area contributed by atoms with E-state index in [0.717, 1.165) is 16.0 Å². The van der Waals surface area contributed by atoms with Crippen LogP contribution in [-0.2, 0) is 31.1 Å². The Kier molecular flexibility index (Phi) is 11.2. The zero-order chi connectivity index (χ0) is 41.0. The van der Waals surface area contributed by atoms with Crippen molar-refractivity contribution >= 4 is 47.0 Å². The van der Waals surface area contributed by atoms with Gasteiger partial charge in [0.05, 0.1) is 30.2 Å². The molecule has 5 N–H and O–H groups in total. The topological polar surface area (TPSA) is 201 Å². The smallest absolute Gasteiger partial charge is 0.264 e. The Labute approximate surface area is 333 Å². The van der Waals surface area contributed by atoms with Crippen LogP contribution in [-0.4, -0.2) is 79.6 Å². The third-order valence-electron chi connectivity index (χ3n) is 10.6. The number of hydrogen-bond donors (Lipinski definition) is 5. The number of amides is 7. The molecule has 1 saturated carbocycles. The number of nitrogens with one attached hydrogen (secondary N) is 5. The number of fused-ring (bicyclic) bond motifs is 1. The molecule has 0 bridgehead atoms. The molecule has 0 aromatic heterocycles. The molecule has 1 saturated heterocycles. The van der Waals surface area contributed by atoms with Crippen molar-refractivity contribution in [1.29, 1.82) is 0 Å². The van der Waals surface area contributed by atoms with Crippen molar-refractivity contribution in [3.8, 4) is 11.5 Å². The monoisotopic (exact) mass is 786 g/mol. The maximum atomic E-state index is 13.6. The van der Waals surface area contributed by atoms with Gasteiger partial charge in [0, 0.05) is 31.3 Å². The number of piperidine rings is 1. The first-order valence-electron chi connectivity index (χ1n) is 18.9. The van der Waals surface area contributed by atoms with Gasteiger partial charge in [-0.05, 0) is 84.5 Å². The Bertz CT molecular complexity index is 2290. The number of nitrogens with zero attached hydrogens (tertiary/aromatic N) is 1. The Hall–Kier alpha value is -7.03. The summed E-state index contributed by atoms with van der Waals surface area (Å²) in [5.74, 6) is -2.09. The van der Waals surface area contributed by atoms with E-state index in [-0.39, 0.29) is 61.4 Å². The highest BCUT2D eigenvalue weighted by molar-refractivity contribution is 6.25. The van der Waals surface area contributed by atoms with Crippen LogP contribution in [0, 0.1) is 0 Å². The summed E-state index contributed by atoms with van der Waals surface area (Å²) in [5.41, 5.74) is 2.67. The molecule has 15 heteroatoms. The molecule has 1 aliphatic carbocycles. The lowest BCUT2D eigenvalue weighted by atomic mass is 9.94. The number of hydrogen-bond acceptors (Lipinski definition) is 10. The Morgan fingerprint density at radius 2 is 1.64 bits per heavy atom. The van der Waals surface area contributed by atoms with Gasteiger partial charge in [-0.2, -0.15) is 0 Å². The summed E-state index contributed by atoms with van der Waals surface area (Å²) in [5, 5.41) is 13.8. The van der Waals surface area contributed by atoms with Crippen molar-refractivity contribution < 1.29 is 43.0 Å². The van der Waals surface area contributed by atoms with E-state index < -0.39 is 41.1 Å². The van der Waals surface area contributed by atoms with Crippen LogP contribution >= 0.6 is 0 Å². The van der Waals surface area contributed by atoms with E-state index in [1.807, 2.05) is 24.3 Å². The van der Waals surface area contributed by atoms with Gasteiger partial charge < -0.3 is 30.7 Å². The molecule has 7 amide bonds. The largest absolute Gasteiger partial charge is 0.497 e. The number of rotatable bonds is 15. The molecule has 2 fully saturated rings. The Morgan fingerprint density at radius 1 is 0.897 bits per heavy atom. The van der Waals surface area contributed by atoms with Crippen LogP contribution in [0.3, 0.4) is 0 Å². The highest BCUT2D eigenvalue weighted by Crippen LogP contribution is 2.49. The summed E-state index contributed by atoms with van der Waals surface area (Å²) in [4.78, 5) is 91.0. The van der Waals surface area contributed by atoms with Gasteiger partial charge in [0.25, 0.3) is 17.7 Å². The molecule has 58 heavy (non-hydrogen) atoms. The summed E-state index contributed by atoms with van der Waals surface area (Å²) in [6, 6.07) is 24.0. The van der Waals surface area contributed by atoms with Crippen molar-refractivity contribution in [3.63, 3.8) is 0 Å². The average molecular weight is 787 g/mol. The van der Waals surface area contributed by atoms with Crippen LogP contribution in [0.5, 0.6) is 11.5 Å². The zero-order valence-electron chi connectivity index (χ0n) is 31.9. The lowest BCUT2D eigenvalue weighted by molar-refractivity contribution is -0.136. The number of benzene rings is 4. The molecule has 1 unspecified atom stereocenters.